The molecule has 2 heterocycles. The summed E-state index contributed by atoms with van der Waals surface area (Å²) in [6.45, 7) is 7.53. The molecule has 1 aromatic heterocycles. The highest BCUT2D eigenvalue weighted by Gasteiger charge is 2.33. The molecule has 0 unspecified atom stereocenters. The van der Waals surface area contributed by atoms with E-state index in [1.54, 1.807) is 11.4 Å². The third-order valence-electron chi connectivity index (χ3n) is 3.74. The van der Waals surface area contributed by atoms with Crippen molar-refractivity contribution in [2.45, 2.75) is 39.0 Å². The molecule has 2 rings (SSSR count). The molecule has 7 heteroatoms. The van der Waals surface area contributed by atoms with Crippen molar-refractivity contribution in [2.75, 3.05) is 18.4 Å². The Morgan fingerprint density at radius 1 is 1.43 bits per heavy atom. The Balaban J connectivity index is 2.02. The monoisotopic (exact) mass is 312 g/mol. The number of nitrogens with one attached hydrogen (secondary N) is 2. The van der Waals surface area contributed by atoms with Crippen LogP contribution in [0.4, 0.5) is 5.00 Å². The van der Waals surface area contributed by atoms with Crippen LogP contribution in [-0.4, -0.2) is 43.2 Å². The van der Waals surface area contributed by atoms with Crippen LogP contribution in [0.1, 0.15) is 31.1 Å². The fraction of sp³-hybridized carbons (Fsp3) is 0.571. The summed E-state index contributed by atoms with van der Waals surface area (Å²) in [4.78, 5) is 24.8. The largest absolute Gasteiger partial charge is 0.366 e. The lowest BCUT2D eigenvalue weighted by Crippen LogP contribution is -3.19. The van der Waals surface area contributed by atoms with Crippen molar-refractivity contribution in [1.82, 2.24) is 0 Å². The van der Waals surface area contributed by atoms with Crippen molar-refractivity contribution < 1.29 is 19.2 Å². The molecule has 116 valence electrons. The third-order valence-corrected chi connectivity index (χ3v) is 4.57. The second kappa shape index (κ2) is 6.55. The van der Waals surface area contributed by atoms with Gasteiger partial charge in [-0.3, -0.25) is 9.59 Å². The molecule has 0 saturated carbocycles. The van der Waals surface area contributed by atoms with Crippen LogP contribution < -0.4 is 16.0 Å². The molecule has 0 spiro atoms. The molecule has 1 fully saturated rings. The Bertz CT molecular complexity index is 521. The number of hydrogen-bond acceptors (Lipinski definition) is 4. The first kappa shape index (κ1) is 15.9. The van der Waals surface area contributed by atoms with E-state index in [1.807, 2.05) is 20.8 Å². The van der Waals surface area contributed by atoms with E-state index >= 15 is 0 Å². The summed E-state index contributed by atoms with van der Waals surface area (Å²) in [5.41, 5.74) is 5.65. The van der Waals surface area contributed by atoms with Gasteiger partial charge in [-0.2, -0.15) is 0 Å². The van der Waals surface area contributed by atoms with Crippen molar-refractivity contribution >= 4 is 28.2 Å². The maximum atomic E-state index is 12.4. The summed E-state index contributed by atoms with van der Waals surface area (Å²) >= 11 is 1.30. The molecular formula is C14H22N3O3S+. The summed E-state index contributed by atoms with van der Waals surface area (Å²) in [6, 6.07) is 1.42. The molecule has 4 N–H and O–H groups in total. The topological polar surface area (TPSA) is 85.9 Å². The first-order valence-electron chi connectivity index (χ1n) is 7.06. The molecular weight excluding hydrogens is 290 g/mol. The van der Waals surface area contributed by atoms with Gasteiger partial charge < -0.3 is 20.7 Å². The summed E-state index contributed by atoms with van der Waals surface area (Å²) in [5.74, 6) is -0.628. The van der Waals surface area contributed by atoms with Gasteiger partial charge in [-0.1, -0.05) is 0 Å². The molecule has 3 atom stereocenters. The van der Waals surface area contributed by atoms with Crippen LogP contribution in [0.15, 0.2) is 11.4 Å². The summed E-state index contributed by atoms with van der Waals surface area (Å²) < 4.78 is 5.69. The fourth-order valence-corrected chi connectivity index (χ4v) is 3.47. The molecule has 2 amide bonds. The van der Waals surface area contributed by atoms with E-state index in [4.69, 9.17) is 10.5 Å². The van der Waals surface area contributed by atoms with E-state index in [1.165, 1.54) is 16.2 Å². The smallest absolute Gasteiger partial charge is 0.282 e. The Morgan fingerprint density at radius 3 is 2.62 bits per heavy atom. The third kappa shape index (κ3) is 3.81. The zero-order valence-corrected chi connectivity index (χ0v) is 13.3. The van der Waals surface area contributed by atoms with Gasteiger partial charge in [0.15, 0.2) is 6.04 Å². The van der Waals surface area contributed by atoms with Gasteiger partial charge in [0.25, 0.3) is 11.8 Å². The van der Waals surface area contributed by atoms with Crippen LogP contribution in [0.25, 0.3) is 0 Å². The summed E-state index contributed by atoms with van der Waals surface area (Å²) in [5, 5.41) is 5.08. The number of quaternary nitrogens is 1. The molecule has 0 radical (unpaired) electrons. The average molecular weight is 312 g/mol. The number of anilines is 1. The van der Waals surface area contributed by atoms with E-state index in [2.05, 4.69) is 5.32 Å². The molecule has 6 nitrogen and oxygen atoms in total. The number of primary amides is 1. The van der Waals surface area contributed by atoms with Crippen molar-refractivity contribution in [3.8, 4) is 0 Å². The zero-order valence-electron chi connectivity index (χ0n) is 12.5. The standard InChI is InChI=1S/C14H21N3O3S/c1-8-6-17(7-9(2)20-8)10(3)13(19)16-14-11(12(15)18)4-5-21-14/h4-5,8-10H,6-7H2,1-3H3,(H2,15,18)(H,16,19)/p+1/t8-,9-,10-/m0/s1. The van der Waals surface area contributed by atoms with Crippen LogP contribution in [0.5, 0.6) is 0 Å². The highest BCUT2D eigenvalue weighted by atomic mass is 32.1. The van der Waals surface area contributed by atoms with Crippen LogP contribution in [-0.2, 0) is 9.53 Å². The number of carbonyl (C=O) groups excluding carboxylic acids is 2. The zero-order chi connectivity index (χ0) is 15.6. The predicted molar refractivity (Wildman–Crippen MR) is 81.6 cm³/mol. The molecule has 1 saturated heterocycles. The average Bonchev–Trinajstić information content (AvgIpc) is 2.84. The maximum Gasteiger partial charge on any atom is 0.282 e. The van der Waals surface area contributed by atoms with Gasteiger partial charge in [0.2, 0.25) is 0 Å². The second-order valence-corrected chi connectivity index (χ2v) is 6.48. The number of thiophene rings is 1. The minimum absolute atomic E-state index is 0.101. The van der Waals surface area contributed by atoms with E-state index in [0.29, 0.717) is 10.6 Å². The Morgan fingerprint density at radius 2 is 2.05 bits per heavy atom. The summed E-state index contributed by atoms with van der Waals surface area (Å²) in [6.07, 6.45) is 0.281. The number of ether oxygens (including phenoxy) is 1. The Hall–Kier alpha value is -1.44. The second-order valence-electron chi connectivity index (χ2n) is 5.56. The van der Waals surface area contributed by atoms with Gasteiger partial charge in [0.1, 0.15) is 30.3 Å². The molecule has 1 aliphatic rings. The van der Waals surface area contributed by atoms with Crippen LogP contribution in [0.3, 0.4) is 0 Å². The lowest BCUT2D eigenvalue weighted by atomic mass is 10.1. The van der Waals surface area contributed by atoms with Gasteiger partial charge >= 0.3 is 0 Å². The van der Waals surface area contributed by atoms with Gasteiger partial charge in [-0.05, 0) is 32.2 Å². The van der Waals surface area contributed by atoms with E-state index < -0.39 is 5.91 Å². The highest BCUT2D eigenvalue weighted by Crippen LogP contribution is 2.22. The van der Waals surface area contributed by atoms with Crippen LogP contribution in [0.2, 0.25) is 0 Å². The fourth-order valence-electron chi connectivity index (χ4n) is 2.67. The number of nitrogens with two attached hydrogens (primary N) is 1. The van der Waals surface area contributed by atoms with Gasteiger partial charge in [0.05, 0.1) is 5.56 Å². The normalized spacial score (nSPS) is 27.1. The van der Waals surface area contributed by atoms with Crippen molar-refractivity contribution in [2.24, 2.45) is 5.73 Å². The van der Waals surface area contributed by atoms with E-state index in [9.17, 15) is 9.59 Å². The molecule has 1 aliphatic heterocycles. The predicted octanol–water partition coefficient (Wildman–Crippen LogP) is -0.134. The minimum atomic E-state index is -0.528. The SMILES string of the molecule is C[C@H]1C[NH+]([C@@H](C)C(=O)Nc2sccc2C(N)=O)C[C@H](C)O1. The molecule has 0 bridgehead atoms. The molecule has 1 aromatic rings. The van der Waals surface area contributed by atoms with E-state index in [0.717, 1.165) is 13.1 Å². The summed E-state index contributed by atoms with van der Waals surface area (Å²) in [7, 11) is 0. The molecule has 0 aromatic carbocycles. The highest BCUT2D eigenvalue weighted by molar-refractivity contribution is 7.14. The number of carbonyl (C=O) groups is 2. The minimum Gasteiger partial charge on any atom is -0.366 e. The Labute approximate surface area is 128 Å². The molecule has 0 aliphatic carbocycles. The van der Waals surface area contributed by atoms with E-state index in [-0.39, 0.29) is 24.2 Å². The maximum absolute atomic E-state index is 12.4. The Kier molecular flexibility index (Phi) is 4.97. The van der Waals surface area contributed by atoms with Crippen LogP contribution >= 0.6 is 11.3 Å². The van der Waals surface area contributed by atoms with Crippen molar-refractivity contribution in [1.29, 1.82) is 0 Å². The quantitative estimate of drug-likeness (QED) is 0.724. The number of hydrogen-bond donors (Lipinski definition) is 3. The number of rotatable bonds is 4. The van der Waals surface area contributed by atoms with Gasteiger partial charge in [-0.25, -0.2) is 0 Å². The lowest BCUT2D eigenvalue weighted by molar-refractivity contribution is -0.928. The van der Waals surface area contributed by atoms with Crippen molar-refractivity contribution in [3.05, 3.63) is 17.0 Å². The van der Waals surface area contributed by atoms with Crippen molar-refractivity contribution in [3.63, 3.8) is 0 Å². The van der Waals surface area contributed by atoms with Gasteiger partial charge in [-0.15, -0.1) is 11.3 Å². The molecule has 21 heavy (non-hydrogen) atoms. The number of morpholine rings is 1. The first-order chi connectivity index (χ1) is 9.88. The first-order valence-corrected chi connectivity index (χ1v) is 7.94. The lowest BCUT2D eigenvalue weighted by Gasteiger charge is -2.35. The number of amides is 2. The van der Waals surface area contributed by atoms with Gasteiger partial charge in [0, 0.05) is 0 Å². The van der Waals surface area contributed by atoms with Crippen LogP contribution in [0, 0.1) is 0 Å².